The predicted octanol–water partition coefficient (Wildman–Crippen LogP) is 5.87. The first kappa shape index (κ1) is 15.4. The van der Waals surface area contributed by atoms with Gasteiger partial charge in [0, 0.05) is 9.92 Å². The molecule has 0 aromatic heterocycles. The quantitative estimate of drug-likeness (QED) is 0.496. The molecule has 4 aliphatic rings. The molecule has 0 radical (unpaired) electrons. The average Bonchev–Trinajstić information content (AvgIpc) is 2.46. The molecule has 0 spiro atoms. The van der Waals surface area contributed by atoms with Crippen molar-refractivity contribution in [2.45, 2.75) is 48.7 Å². The van der Waals surface area contributed by atoms with Gasteiger partial charge >= 0.3 is 0 Å². The zero-order valence-corrected chi connectivity index (χ0v) is 14.8. The monoisotopic (exact) mass is 354 g/mol. The van der Waals surface area contributed by atoms with Crippen LogP contribution in [0.3, 0.4) is 0 Å². The normalized spacial score (nSPS) is 37.3. The molecule has 1 aromatic rings. The molecule has 22 heavy (non-hydrogen) atoms. The first-order chi connectivity index (χ1) is 10.6. The molecule has 1 unspecified atom stereocenters. The summed E-state index contributed by atoms with van der Waals surface area (Å²) in [5.41, 5.74) is 0.201. The smallest absolute Gasteiger partial charge is 0.133 e. The van der Waals surface area contributed by atoms with Gasteiger partial charge in [0.2, 0.25) is 0 Å². The molecule has 4 fully saturated rings. The molecule has 0 aliphatic heterocycles. The number of carbonyl (C=O) groups is 1. The van der Waals surface area contributed by atoms with Gasteiger partial charge in [-0.2, -0.15) is 0 Å². The number of hydrogen-bond donors (Lipinski definition) is 0. The molecule has 118 valence electrons. The zero-order chi connectivity index (χ0) is 15.3. The topological polar surface area (TPSA) is 17.1 Å². The lowest BCUT2D eigenvalue weighted by atomic mass is 9.49. The van der Waals surface area contributed by atoms with Crippen LogP contribution in [0.15, 0.2) is 23.1 Å². The van der Waals surface area contributed by atoms with Crippen molar-refractivity contribution in [2.24, 2.45) is 23.2 Å². The fraction of sp³-hybridized carbons (Fsp3) is 0.611. The zero-order valence-electron chi connectivity index (χ0n) is 12.4. The van der Waals surface area contributed by atoms with Crippen molar-refractivity contribution in [3.63, 3.8) is 0 Å². The van der Waals surface area contributed by atoms with Crippen LogP contribution < -0.4 is 0 Å². The van der Waals surface area contributed by atoms with E-state index in [0.29, 0.717) is 10.0 Å². The number of thioether (sulfide) groups is 1. The Morgan fingerprint density at radius 1 is 1.09 bits per heavy atom. The van der Waals surface area contributed by atoms with Crippen molar-refractivity contribution in [1.82, 2.24) is 0 Å². The highest BCUT2D eigenvalue weighted by Gasteiger charge is 2.54. The molecule has 0 saturated heterocycles. The molecule has 0 amide bonds. The van der Waals surface area contributed by atoms with Gasteiger partial charge in [0.05, 0.1) is 10.3 Å². The van der Waals surface area contributed by atoms with E-state index in [0.717, 1.165) is 22.6 Å². The fourth-order valence-electron chi connectivity index (χ4n) is 5.53. The Hall–Kier alpha value is -0.180. The second-order valence-electron chi connectivity index (χ2n) is 7.53. The summed E-state index contributed by atoms with van der Waals surface area (Å²) in [6.07, 6.45) is 9.05. The first-order valence-corrected chi connectivity index (χ1v) is 9.78. The van der Waals surface area contributed by atoms with E-state index in [-0.39, 0.29) is 10.7 Å². The van der Waals surface area contributed by atoms with Gasteiger partial charge in [-0.1, -0.05) is 23.2 Å². The van der Waals surface area contributed by atoms with E-state index in [1.54, 1.807) is 17.8 Å². The van der Waals surface area contributed by atoms with Crippen molar-refractivity contribution in [3.8, 4) is 0 Å². The third kappa shape index (κ3) is 2.61. The largest absolute Gasteiger partial charge is 0.302 e. The Kier molecular flexibility index (Phi) is 3.99. The van der Waals surface area contributed by atoms with Crippen molar-refractivity contribution < 1.29 is 4.79 Å². The Morgan fingerprint density at radius 3 is 2.23 bits per heavy atom. The van der Waals surface area contributed by atoms with Gasteiger partial charge < -0.3 is 4.79 Å². The summed E-state index contributed by atoms with van der Waals surface area (Å²) in [6.45, 7) is 0. The molecule has 5 rings (SSSR count). The van der Waals surface area contributed by atoms with Crippen molar-refractivity contribution in [2.75, 3.05) is 0 Å². The number of carbonyl (C=O) groups excluding carboxylic acids is 1. The van der Waals surface area contributed by atoms with Gasteiger partial charge in [-0.15, -0.1) is 11.8 Å². The lowest BCUT2D eigenvalue weighted by molar-refractivity contribution is -0.114. The second kappa shape index (κ2) is 5.72. The summed E-state index contributed by atoms with van der Waals surface area (Å²) < 4.78 is 0. The van der Waals surface area contributed by atoms with E-state index in [1.807, 2.05) is 12.1 Å². The number of hydrogen-bond acceptors (Lipinski definition) is 2. The maximum atomic E-state index is 11.9. The average molecular weight is 355 g/mol. The number of benzene rings is 1. The molecule has 4 heteroatoms. The lowest BCUT2D eigenvalue weighted by Crippen LogP contribution is -2.51. The minimum atomic E-state index is 0.0110. The van der Waals surface area contributed by atoms with E-state index in [4.69, 9.17) is 23.2 Å². The molecule has 1 atom stereocenters. The number of halogens is 2. The SMILES string of the molecule is O=CC(Sc1cc(Cl)ccc1Cl)C12CC3CC(CC(C3)C1)C2. The van der Waals surface area contributed by atoms with Crippen LogP contribution in [0, 0.1) is 23.2 Å². The van der Waals surface area contributed by atoms with E-state index in [9.17, 15) is 4.79 Å². The Bertz CT molecular complexity index is 565. The molecular weight excluding hydrogens is 335 g/mol. The van der Waals surface area contributed by atoms with E-state index in [2.05, 4.69) is 0 Å². The lowest BCUT2D eigenvalue weighted by Gasteiger charge is -2.58. The first-order valence-electron chi connectivity index (χ1n) is 8.15. The van der Waals surface area contributed by atoms with Crippen LogP contribution >= 0.6 is 35.0 Å². The highest BCUT2D eigenvalue weighted by molar-refractivity contribution is 8.00. The van der Waals surface area contributed by atoms with Crippen molar-refractivity contribution in [3.05, 3.63) is 28.2 Å². The van der Waals surface area contributed by atoms with Gasteiger partial charge in [0.15, 0.2) is 0 Å². The van der Waals surface area contributed by atoms with Crippen LogP contribution in [-0.2, 0) is 4.79 Å². The Morgan fingerprint density at radius 2 is 1.68 bits per heavy atom. The van der Waals surface area contributed by atoms with Crippen molar-refractivity contribution in [1.29, 1.82) is 0 Å². The molecule has 0 heterocycles. The minimum absolute atomic E-state index is 0.0110. The summed E-state index contributed by atoms with van der Waals surface area (Å²) in [7, 11) is 0. The van der Waals surface area contributed by atoms with Gasteiger partial charge in [-0.3, -0.25) is 0 Å². The molecule has 4 bridgehead atoms. The fourth-order valence-corrected chi connectivity index (χ4v) is 7.26. The molecule has 4 aliphatic carbocycles. The summed E-state index contributed by atoms with van der Waals surface area (Å²) >= 11 is 14.0. The number of rotatable bonds is 4. The molecule has 1 nitrogen and oxygen atoms in total. The van der Waals surface area contributed by atoms with Gasteiger partial charge in [-0.05, 0) is 79.9 Å². The maximum Gasteiger partial charge on any atom is 0.133 e. The maximum absolute atomic E-state index is 11.9. The third-order valence-electron chi connectivity index (χ3n) is 5.96. The predicted molar refractivity (Wildman–Crippen MR) is 92.8 cm³/mol. The van der Waals surface area contributed by atoms with Crippen LogP contribution in [0.5, 0.6) is 0 Å². The molecule has 0 N–H and O–H groups in total. The van der Waals surface area contributed by atoms with Crippen LogP contribution in [0.1, 0.15) is 38.5 Å². The van der Waals surface area contributed by atoms with E-state index >= 15 is 0 Å². The summed E-state index contributed by atoms with van der Waals surface area (Å²) in [5, 5.41) is 1.39. The molecule has 4 saturated carbocycles. The van der Waals surface area contributed by atoms with Gasteiger partial charge in [-0.25, -0.2) is 0 Å². The second-order valence-corrected chi connectivity index (χ2v) is 9.56. The minimum Gasteiger partial charge on any atom is -0.302 e. The van der Waals surface area contributed by atoms with E-state index < -0.39 is 0 Å². The third-order valence-corrected chi connectivity index (χ3v) is 8.09. The van der Waals surface area contributed by atoms with Gasteiger partial charge in [0.25, 0.3) is 0 Å². The Labute approximate surface area is 146 Å². The van der Waals surface area contributed by atoms with Crippen LogP contribution in [-0.4, -0.2) is 11.5 Å². The highest BCUT2D eigenvalue weighted by atomic mass is 35.5. The van der Waals surface area contributed by atoms with Crippen LogP contribution in [0.2, 0.25) is 10.0 Å². The molecular formula is C18H20Cl2OS. The highest BCUT2D eigenvalue weighted by Crippen LogP contribution is 2.63. The van der Waals surface area contributed by atoms with E-state index in [1.165, 1.54) is 44.8 Å². The number of aldehydes is 1. The Balaban J connectivity index is 1.62. The van der Waals surface area contributed by atoms with Crippen LogP contribution in [0.4, 0.5) is 0 Å². The summed E-state index contributed by atoms with van der Waals surface area (Å²) in [4.78, 5) is 12.9. The van der Waals surface area contributed by atoms with Crippen molar-refractivity contribution >= 4 is 41.2 Å². The van der Waals surface area contributed by atoms with Crippen LogP contribution in [0.25, 0.3) is 0 Å². The summed E-state index contributed by atoms with van der Waals surface area (Å²) in [6, 6.07) is 5.52. The molecule has 1 aromatic carbocycles. The summed E-state index contributed by atoms with van der Waals surface area (Å²) in [5.74, 6) is 2.55. The standard InChI is InChI=1S/C18H20Cl2OS/c19-14-1-2-15(20)16(6-14)22-17(10-21)18-7-11-3-12(8-18)5-13(4-11)9-18/h1-2,6,10-13,17H,3-5,7-9H2. The van der Waals surface area contributed by atoms with Gasteiger partial charge in [0.1, 0.15) is 6.29 Å².